The van der Waals surface area contributed by atoms with E-state index in [1.165, 1.54) is 6.33 Å². The molecule has 6 nitrogen and oxygen atoms in total. The van der Waals surface area contributed by atoms with E-state index < -0.39 is 0 Å². The number of hydrogen-bond donors (Lipinski definition) is 2. The van der Waals surface area contributed by atoms with Crippen molar-refractivity contribution in [1.82, 2.24) is 20.5 Å². The number of nitrogens with one attached hydrogen (secondary N) is 2. The Morgan fingerprint density at radius 2 is 2.05 bits per heavy atom. The molecule has 0 aliphatic carbocycles. The zero-order chi connectivity index (χ0) is 13.8. The van der Waals surface area contributed by atoms with Crippen LogP contribution in [0.3, 0.4) is 0 Å². The molecule has 3 aromatic rings. The van der Waals surface area contributed by atoms with Crippen LogP contribution < -0.4 is 5.32 Å². The third kappa shape index (κ3) is 2.44. The Labute approximate surface area is 114 Å². The Kier molecular flexibility index (Phi) is 3.28. The van der Waals surface area contributed by atoms with Gasteiger partial charge in [0.25, 0.3) is 5.91 Å². The minimum Gasteiger partial charge on any atom is -0.467 e. The van der Waals surface area contributed by atoms with Gasteiger partial charge in [0.05, 0.1) is 6.26 Å². The number of aromatic amines is 1. The van der Waals surface area contributed by atoms with Crippen molar-refractivity contribution in [2.45, 2.75) is 6.04 Å². The number of nitrogens with zero attached hydrogens (tertiary/aromatic N) is 2. The summed E-state index contributed by atoms with van der Waals surface area (Å²) in [5.74, 6) is 0.481. The molecule has 2 aromatic heterocycles. The van der Waals surface area contributed by atoms with Crippen molar-refractivity contribution in [2.75, 3.05) is 0 Å². The largest absolute Gasteiger partial charge is 0.467 e. The SMILES string of the molecule is O=C(NC(c1ccccc1)c1ccco1)c1ncn[nH]1. The van der Waals surface area contributed by atoms with Crippen molar-refractivity contribution in [3.63, 3.8) is 0 Å². The van der Waals surface area contributed by atoms with Crippen molar-refractivity contribution in [3.05, 3.63) is 72.2 Å². The van der Waals surface area contributed by atoms with Crippen LogP contribution >= 0.6 is 0 Å². The van der Waals surface area contributed by atoms with E-state index in [2.05, 4.69) is 20.5 Å². The van der Waals surface area contributed by atoms with E-state index in [1.807, 2.05) is 36.4 Å². The summed E-state index contributed by atoms with van der Waals surface area (Å²) in [6.07, 6.45) is 2.87. The van der Waals surface area contributed by atoms with E-state index >= 15 is 0 Å². The highest BCUT2D eigenvalue weighted by molar-refractivity contribution is 5.90. The van der Waals surface area contributed by atoms with Gasteiger partial charge >= 0.3 is 0 Å². The molecule has 0 saturated heterocycles. The summed E-state index contributed by atoms with van der Waals surface area (Å²) in [4.78, 5) is 15.9. The maximum Gasteiger partial charge on any atom is 0.289 e. The second-order valence-corrected chi connectivity index (χ2v) is 4.17. The zero-order valence-corrected chi connectivity index (χ0v) is 10.5. The number of rotatable bonds is 4. The fourth-order valence-corrected chi connectivity index (χ4v) is 1.93. The molecule has 0 radical (unpaired) electrons. The molecule has 0 saturated carbocycles. The molecule has 2 N–H and O–H groups in total. The van der Waals surface area contributed by atoms with Gasteiger partial charge in [0, 0.05) is 0 Å². The van der Waals surface area contributed by atoms with E-state index in [9.17, 15) is 4.79 Å². The van der Waals surface area contributed by atoms with E-state index in [4.69, 9.17) is 4.42 Å². The lowest BCUT2D eigenvalue weighted by atomic mass is 10.0. The van der Waals surface area contributed by atoms with Crippen LogP contribution in [0.2, 0.25) is 0 Å². The molecule has 1 atom stereocenters. The average molecular weight is 268 g/mol. The Morgan fingerprint density at radius 3 is 2.70 bits per heavy atom. The Morgan fingerprint density at radius 1 is 1.20 bits per heavy atom. The Bertz CT molecular complexity index is 663. The molecule has 1 unspecified atom stereocenters. The number of hydrogen-bond acceptors (Lipinski definition) is 4. The van der Waals surface area contributed by atoms with Crippen LogP contribution in [-0.2, 0) is 0 Å². The van der Waals surface area contributed by atoms with Crippen LogP contribution in [-0.4, -0.2) is 21.1 Å². The summed E-state index contributed by atoms with van der Waals surface area (Å²) in [6, 6.07) is 12.8. The average Bonchev–Trinajstić information content (AvgIpc) is 3.18. The molecule has 6 heteroatoms. The van der Waals surface area contributed by atoms with Gasteiger partial charge in [-0.25, -0.2) is 4.98 Å². The molecule has 0 fully saturated rings. The number of furan rings is 1. The smallest absolute Gasteiger partial charge is 0.289 e. The minimum atomic E-state index is -0.371. The number of carbonyl (C=O) groups excluding carboxylic acids is 1. The summed E-state index contributed by atoms with van der Waals surface area (Å²) < 4.78 is 5.41. The van der Waals surface area contributed by atoms with Crippen LogP contribution in [0.15, 0.2) is 59.5 Å². The van der Waals surface area contributed by atoms with Gasteiger partial charge in [-0.3, -0.25) is 9.89 Å². The van der Waals surface area contributed by atoms with Crippen LogP contribution in [0, 0.1) is 0 Å². The predicted molar refractivity (Wildman–Crippen MR) is 70.8 cm³/mol. The lowest BCUT2D eigenvalue weighted by Gasteiger charge is -2.16. The maximum absolute atomic E-state index is 12.1. The molecule has 2 heterocycles. The molecular weight excluding hydrogens is 256 g/mol. The van der Waals surface area contributed by atoms with Gasteiger partial charge in [0.1, 0.15) is 18.1 Å². The zero-order valence-electron chi connectivity index (χ0n) is 10.5. The van der Waals surface area contributed by atoms with E-state index in [0.717, 1.165) is 5.56 Å². The summed E-state index contributed by atoms with van der Waals surface area (Å²) in [6.45, 7) is 0. The minimum absolute atomic E-state index is 0.164. The fraction of sp³-hybridized carbons (Fsp3) is 0.0714. The van der Waals surface area contributed by atoms with Crippen molar-refractivity contribution >= 4 is 5.91 Å². The first-order chi connectivity index (χ1) is 9.84. The second-order valence-electron chi connectivity index (χ2n) is 4.17. The van der Waals surface area contributed by atoms with E-state index in [-0.39, 0.29) is 17.8 Å². The van der Waals surface area contributed by atoms with Crippen molar-refractivity contribution in [1.29, 1.82) is 0 Å². The highest BCUT2D eigenvalue weighted by Gasteiger charge is 2.21. The van der Waals surface area contributed by atoms with Gasteiger partial charge in [0.15, 0.2) is 0 Å². The lowest BCUT2D eigenvalue weighted by molar-refractivity contribution is 0.0929. The third-order valence-corrected chi connectivity index (χ3v) is 2.87. The molecule has 3 rings (SSSR count). The quantitative estimate of drug-likeness (QED) is 0.757. The topological polar surface area (TPSA) is 83.8 Å². The number of benzene rings is 1. The third-order valence-electron chi connectivity index (χ3n) is 2.87. The molecule has 1 aromatic carbocycles. The first-order valence-electron chi connectivity index (χ1n) is 6.09. The van der Waals surface area contributed by atoms with Gasteiger partial charge in [-0.15, -0.1) is 0 Å². The Balaban J connectivity index is 1.89. The van der Waals surface area contributed by atoms with Gasteiger partial charge in [-0.2, -0.15) is 5.10 Å². The fourth-order valence-electron chi connectivity index (χ4n) is 1.93. The molecule has 20 heavy (non-hydrogen) atoms. The summed E-state index contributed by atoms with van der Waals surface area (Å²) in [5, 5.41) is 9.07. The normalized spacial score (nSPS) is 12.0. The monoisotopic (exact) mass is 268 g/mol. The van der Waals surface area contributed by atoms with Crippen LogP contribution in [0.4, 0.5) is 0 Å². The first-order valence-corrected chi connectivity index (χ1v) is 6.09. The van der Waals surface area contributed by atoms with Crippen molar-refractivity contribution in [3.8, 4) is 0 Å². The van der Waals surface area contributed by atoms with Gasteiger partial charge in [-0.05, 0) is 17.7 Å². The number of carbonyl (C=O) groups is 1. The predicted octanol–water partition coefficient (Wildman–Crippen LogP) is 1.92. The number of H-pyrrole nitrogens is 1. The van der Waals surface area contributed by atoms with Crippen molar-refractivity contribution in [2.24, 2.45) is 0 Å². The summed E-state index contributed by atoms with van der Waals surface area (Å²) >= 11 is 0. The second kappa shape index (κ2) is 5.40. The summed E-state index contributed by atoms with van der Waals surface area (Å²) in [5.41, 5.74) is 0.926. The van der Waals surface area contributed by atoms with Crippen LogP contribution in [0.25, 0.3) is 0 Å². The molecule has 0 spiro atoms. The van der Waals surface area contributed by atoms with Crippen LogP contribution in [0.1, 0.15) is 28.0 Å². The Hall–Kier alpha value is -2.89. The van der Waals surface area contributed by atoms with Gasteiger partial charge < -0.3 is 9.73 Å². The van der Waals surface area contributed by atoms with Gasteiger partial charge in [0.2, 0.25) is 5.82 Å². The molecule has 0 bridgehead atoms. The number of amides is 1. The highest BCUT2D eigenvalue weighted by Crippen LogP contribution is 2.22. The lowest BCUT2D eigenvalue weighted by Crippen LogP contribution is -2.29. The van der Waals surface area contributed by atoms with Crippen LogP contribution in [0.5, 0.6) is 0 Å². The van der Waals surface area contributed by atoms with E-state index in [1.54, 1.807) is 12.3 Å². The molecule has 0 aliphatic heterocycles. The number of aromatic nitrogens is 3. The molecule has 1 amide bonds. The highest BCUT2D eigenvalue weighted by atomic mass is 16.3. The summed E-state index contributed by atoms with van der Waals surface area (Å²) in [7, 11) is 0. The van der Waals surface area contributed by atoms with E-state index in [0.29, 0.717) is 5.76 Å². The molecule has 100 valence electrons. The van der Waals surface area contributed by atoms with Crippen molar-refractivity contribution < 1.29 is 9.21 Å². The molecule has 0 aliphatic rings. The molecular formula is C14H12N4O2. The first kappa shape index (κ1) is 12.2. The maximum atomic E-state index is 12.1. The van der Waals surface area contributed by atoms with Gasteiger partial charge in [-0.1, -0.05) is 30.3 Å². The standard InChI is InChI=1S/C14H12N4O2/c19-14(13-15-9-16-18-13)17-12(11-7-4-8-20-11)10-5-2-1-3-6-10/h1-9,12H,(H,17,19)(H,15,16,18).